The molecule has 0 amide bonds. The largest absolute Gasteiger partial charge is 0.485 e. The highest BCUT2D eigenvalue weighted by Gasteiger charge is 2.23. The van der Waals surface area contributed by atoms with Crippen molar-refractivity contribution in [3.8, 4) is 5.75 Å². The molecule has 2 aromatic heterocycles. The van der Waals surface area contributed by atoms with Gasteiger partial charge in [0.25, 0.3) is 10.0 Å². The van der Waals surface area contributed by atoms with E-state index in [2.05, 4.69) is 14.4 Å². The van der Waals surface area contributed by atoms with Crippen molar-refractivity contribution in [2.24, 2.45) is 0 Å². The van der Waals surface area contributed by atoms with Crippen LogP contribution in [0.2, 0.25) is 0 Å². The lowest BCUT2D eigenvalue weighted by molar-refractivity contribution is 0.0600. The molecule has 0 radical (unpaired) electrons. The lowest BCUT2D eigenvalue weighted by Gasteiger charge is -2.15. The molecule has 1 N–H and O–H groups in total. The summed E-state index contributed by atoms with van der Waals surface area (Å²) in [5.41, 5.74) is 3.51. The Bertz CT molecular complexity index is 1220. The maximum absolute atomic E-state index is 12.8. The number of nitrogens with zero attached hydrogens (tertiary/aromatic N) is 1. The van der Waals surface area contributed by atoms with E-state index in [0.29, 0.717) is 28.5 Å². The molecule has 2 heterocycles. The van der Waals surface area contributed by atoms with Crippen LogP contribution in [0, 0.1) is 6.92 Å². The van der Waals surface area contributed by atoms with Gasteiger partial charge in [0.1, 0.15) is 18.1 Å². The molecule has 8 nitrogen and oxygen atoms in total. The monoisotopic (exact) mass is 442 g/mol. The molecule has 1 aliphatic carbocycles. The average Bonchev–Trinajstić information content (AvgIpc) is 3.40. The van der Waals surface area contributed by atoms with Gasteiger partial charge >= 0.3 is 5.97 Å². The van der Waals surface area contributed by atoms with Gasteiger partial charge in [-0.3, -0.25) is 9.71 Å². The standard InChI is InChI=1S/C22H22N2O6S/c1-14-6-9-21(30-14)31(26,27)24-19-10-15-4-3-5-16(15)11-20(19)29-13-18-8-7-17(12-23-18)22(25)28-2/h6-12,24H,3-5,13H2,1-2H3. The molecule has 3 aromatic rings. The second kappa shape index (κ2) is 8.43. The molecule has 1 aromatic carbocycles. The van der Waals surface area contributed by atoms with Crippen LogP contribution in [0.4, 0.5) is 5.69 Å². The number of anilines is 1. The summed E-state index contributed by atoms with van der Waals surface area (Å²) in [6.07, 6.45) is 4.23. The first-order chi connectivity index (χ1) is 14.9. The number of pyridine rings is 1. The van der Waals surface area contributed by atoms with Gasteiger partial charge in [-0.05, 0) is 73.7 Å². The molecule has 162 valence electrons. The van der Waals surface area contributed by atoms with Crippen molar-refractivity contribution in [1.29, 1.82) is 0 Å². The van der Waals surface area contributed by atoms with Gasteiger partial charge in [0.2, 0.25) is 5.09 Å². The fourth-order valence-electron chi connectivity index (χ4n) is 3.45. The third kappa shape index (κ3) is 4.56. The van der Waals surface area contributed by atoms with E-state index < -0.39 is 16.0 Å². The minimum Gasteiger partial charge on any atom is -0.485 e. The number of fused-ring (bicyclic) bond motifs is 1. The van der Waals surface area contributed by atoms with E-state index in [0.717, 1.165) is 30.4 Å². The molecule has 0 aliphatic heterocycles. The van der Waals surface area contributed by atoms with Crippen molar-refractivity contribution in [2.75, 3.05) is 11.8 Å². The number of carbonyl (C=O) groups is 1. The first-order valence-corrected chi connectivity index (χ1v) is 11.2. The van der Waals surface area contributed by atoms with E-state index in [1.807, 2.05) is 12.1 Å². The Balaban J connectivity index is 1.57. The lowest BCUT2D eigenvalue weighted by Crippen LogP contribution is -2.14. The number of esters is 1. The number of methoxy groups -OCH3 is 1. The van der Waals surface area contributed by atoms with E-state index >= 15 is 0 Å². The highest BCUT2D eigenvalue weighted by molar-refractivity contribution is 7.92. The molecule has 0 saturated heterocycles. The summed E-state index contributed by atoms with van der Waals surface area (Å²) in [7, 11) is -2.59. The molecule has 31 heavy (non-hydrogen) atoms. The van der Waals surface area contributed by atoms with Crippen LogP contribution < -0.4 is 9.46 Å². The predicted molar refractivity (Wildman–Crippen MR) is 113 cm³/mol. The zero-order chi connectivity index (χ0) is 22.0. The summed E-state index contributed by atoms with van der Waals surface area (Å²) in [4.78, 5) is 15.8. The fourth-order valence-corrected chi connectivity index (χ4v) is 4.49. The number of hydrogen-bond donors (Lipinski definition) is 1. The second-order valence-corrected chi connectivity index (χ2v) is 8.87. The van der Waals surface area contributed by atoms with Gasteiger partial charge in [-0.25, -0.2) is 4.79 Å². The Kier molecular flexibility index (Phi) is 5.69. The smallest absolute Gasteiger partial charge is 0.339 e. The van der Waals surface area contributed by atoms with Crippen LogP contribution >= 0.6 is 0 Å². The summed E-state index contributed by atoms with van der Waals surface area (Å²) in [5.74, 6) is 0.446. The first kappa shape index (κ1) is 20.9. The van der Waals surface area contributed by atoms with Crippen molar-refractivity contribution in [3.05, 3.63) is 70.7 Å². The molecule has 1 aliphatic rings. The van der Waals surface area contributed by atoms with Crippen LogP contribution in [0.1, 0.15) is 39.4 Å². The van der Waals surface area contributed by atoms with Crippen LogP contribution in [-0.2, 0) is 34.2 Å². The van der Waals surface area contributed by atoms with Gasteiger partial charge in [0.15, 0.2) is 0 Å². The van der Waals surface area contributed by atoms with E-state index in [9.17, 15) is 13.2 Å². The van der Waals surface area contributed by atoms with Crippen molar-refractivity contribution < 1.29 is 27.1 Å². The maximum atomic E-state index is 12.8. The number of sulfonamides is 1. The molecule has 0 bridgehead atoms. The van der Waals surface area contributed by atoms with E-state index in [4.69, 9.17) is 9.15 Å². The van der Waals surface area contributed by atoms with Crippen molar-refractivity contribution >= 4 is 21.7 Å². The predicted octanol–water partition coefficient (Wildman–Crippen LogP) is 3.64. The van der Waals surface area contributed by atoms with Crippen LogP contribution in [0.25, 0.3) is 0 Å². The molecule has 4 rings (SSSR count). The Morgan fingerprint density at radius 3 is 2.58 bits per heavy atom. The van der Waals surface area contributed by atoms with Crippen molar-refractivity contribution in [3.63, 3.8) is 0 Å². The van der Waals surface area contributed by atoms with E-state index in [1.165, 1.54) is 19.4 Å². The lowest BCUT2D eigenvalue weighted by atomic mass is 10.1. The van der Waals surface area contributed by atoms with Crippen molar-refractivity contribution in [1.82, 2.24) is 4.98 Å². The van der Waals surface area contributed by atoms with Crippen molar-refractivity contribution in [2.45, 2.75) is 37.9 Å². The zero-order valence-electron chi connectivity index (χ0n) is 17.2. The average molecular weight is 442 g/mol. The van der Waals surface area contributed by atoms with Gasteiger partial charge in [-0.1, -0.05) is 0 Å². The fraction of sp³-hybridized carbons (Fsp3) is 0.273. The SMILES string of the molecule is COC(=O)c1ccc(COc2cc3c(cc2NS(=O)(=O)c2ccc(C)o2)CCC3)nc1. The highest BCUT2D eigenvalue weighted by atomic mass is 32.2. The second-order valence-electron chi connectivity index (χ2n) is 7.26. The summed E-state index contributed by atoms with van der Waals surface area (Å²) >= 11 is 0. The van der Waals surface area contributed by atoms with Crippen LogP contribution in [0.15, 0.2) is 52.1 Å². The molecule has 0 spiro atoms. The number of rotatable bonds is 7. The number of benzene rings is 1. The van der Waals surface area contributed by atoms with Gasteiger partial charge in [-0.2, -0.15) is 8.42 Å². The minimum absolute atomic E-state index is 0.106. The number of ether oxygens (including phenoxy) is 2. The Morgan fingerprint density at radius 2 is 1.94 bits per heavy atom. The number of nitrogens with one attached hydrogen (secondary N) is 1. The first-order valence-electron chi connectivity index (χ1n) is 9.77. The van der Waals surface area contributed by atoms with Gasteiger partial charge in [0.05, 0.1) is 24.1 Å². The summed E-state index contributed by atoms with van der Waals surface area (Å²) < 4.78 is 44.0. The molecular weight excluding hydrogens is 420 g/mol. The van der Waals surface area contributed by atoms with Crippen LogP contribution in [0.3, 0.4) is 0 Å². The van der Waals surface area contributed by atoms with E-state index in [-0.39, 0.29) is 11.7 Å². The number of hydrogen-bond acceptors (Lipinski definition) is 7. The molecular formula is C22H22N2O6S. The number of aryl methyl sites for hydroxylation is 3. The normalized spacial score (nSPS) is 13.0. The van der Waals surface area contributed by atoms with Gasteiger partial charge in [-0.15, -0.1) is 0 Å². The molecule has 0 fully saturated rings. The van der Waals surface area contributed by atoms with Gasteiger partial charge < -0.3 is 13.9 Å². The topological polar surface area (TPSA) is 108 Å². The zero-order valence-corrected chi connectivity index (χ0v) is 18.0. The molecule has 0 atom stereocenters. The Labute approximate surface area is 180 Å². The van der Waals surface area contributed by atoms with Gasteiger partial charge in [0, 0.05) is 6.20 Å². The minimum atomic E-state index is -3.90. The van der Waals surface area contributed by atoms with Crippen LogP contribution in [0.5, 0.6) is 5.75 Å². The molecule has 0 saturated carbocycles. The quantitative estimate of drug-likeness (QED) is 0.557. The number of aromatic nitrogens is 1. The Morgan fingerprint density at radius 1 is 1.16 bits per heavy atom. The molecule has 0 unspecified atom stereocenters. The van der Waals surface area contributed by atoms with E-state index in [1.54, 1.807) is 25.1 Å². The van der Waals surface area contributed by atoms with Crippen LogP contribution in [-0.4, -0.2) is 26.5 Å². The Hall–Kier alpha value is -3.33. The summed E-state index contributed by atoms with van der Waals surface area (Å²) in [6, 6.07) is 9.96. The summed E-state index contributed by atoms with van der Waals surface area (Å²) in [5, 5.41) is -0.156. The summed E-state index contributed by atoms with van der Waals surface area (Å²) in [6.45, 7) is 1.79. The molecule has 9 heteroatoms. The number of furan rings is 1. The third-order valence-electron chi connectivity index (χ3n) is 5.04. The number of carbonyl (C=O) groups excluding carboxylic acids is 1. The maximum Gasteiger partial charge on any atom is 0.339 e. The highest BCUT2D eigenvalue weighted by Crippen LogP contribution is 2.35. The third-order valence-corrected chi connectivity index (χ3v) is 6.28.